The maximum atomic E-state index is 10.5. The number of nitrogens with two attached hydrogens (primary N) is 1. The maximum absolute atomic E-state index is 10.5. The number of benzene rings is 1. The van der Waals surface area contributed by atoms with E-state index in [0.29, 0.717) is 5.56 Å². The van der Waals surface area contributed by atoms with Crippen molar-refractivity contribution in [3.05, 3.63) is 29.3 Å². The molecule has 1 aromatic carbocycles. The van der Waals surface area contributed by atoms with Gasteiger partial charge in [0.25, 0.3) is 0 Å². The third kappa shape index (κ3) is 1.21. The molecule has 2 N–H and O–H groups in total. The summed E-state index contributed by atoms with van der Waals surface area (Å²) >= 11 is 1.56. The number of carbonyl (C=O) groups excluding carboxylic acids is 1. The molecule has 13 heavy (non-hydrogen) atoms. The molecule has 0 bridgehead atoms. The van der Waals surface area contributed by atoms with Crippen LogP contribution in [-0.4, -0.2) is 6.29 Å². The lowest BCUT2D eigenvalue weighted by Crippen LogP contribution is -1.81. The molecule has 0 atom stereocenters. The summed E-state index contributed by atoms with van der Waals surface area (Å²) in [7, 11) is 0. The van der Waals surface area contributed by atoms with Crippen LogP contribution in [-0.2, 0) is 0 Å². The molecular weight excluding hydrogens is 182 g/mol. The van der Waals surface area contributed by atoms with Gasteiger partial charge < -0.3 is 5.73 Å². The Labute approximate surface area is 80.0 Å². The first-order chi connectivity index (χ1) is 6.22. The van der Waals surface area contributed by atoms with Crippen molar-refractivity contribution in [2.24, 2.45) is 0 Å². The first-order valence-corrected chi connectivity index (χ1v) is 4.78. The highest BCUT2D eigenvalue weighted by molar-refractivity contribution is 7.22. The van der Waals surface area contributed by atoms with Crippen molar-refractivity contribution in [2.75, 3.05) is 5.73 Å². The Morgan fingerprint density at radius 1 is 1.46 bits per heavy atom. The third-order valence-corrected chi connectivity index (χ3v) is 3.24. The Kier molecular flexibility index (Phi) is 1.81. The molecule has 0 amide bonds. The monoisotopic (exact) mass is 191 g/mol. The molecule has 0 radical (unpaired) electrons. The van der Waals surface area contributed by atoms with Crippen LogP contribution in [0.5, 0.6) is 0 Å². The molecule has 0 saturated heterocycles. The zero-order valence-corrected chi connectivity index (χ0v) is 8.02. The summed E-state index contributed by atoms with van der Waals surface area (Å²) in [5.41, 5.74) is 7.55. The number of thiophene rings is 1. The number of hydrogen-bond donors (Lipinski definition) is 1. The van der Waals surface area contributed by atoms with Crippen LogP contribution in [0.2, 0.25) is 0 Å². The molecule has 1 aromatic heterocycles. The normalized spacial score (nSPS) is 10.5. The molecule has 0 saturated carbocycles. The number of aldehydes is 1. The number of carbonyl (C=O) groups is 1. The lowest BCUT2D eigenvalue weighted by atomic mass is 10.1. The van der Waals surface area contributed by atoms with Gasteiger partial charge in [-0.2, -0.15) is 0 Å². The largest absolute Gasteiger partial charge is 0.390 e. The predicted octanol–water partition coefficient (Wildman–Crippen LogP) is 2.60. The van der Waals surface area contributed by atoms with Crippen LogP contribution in [0.4, 0.5) is 5.00 Å². The van der Waals surface area contributed by atoms with Gasteiger partial charge in [-0.25, -0.2) is 0 Å². The summed E-state index contributed by atoms with van der Waals surface area (Å²) in [5.74, 6) is 0. The van der Waals surface area contributed by atoms with E-state index in [4.69, 9.17) is 5.73 Å². The Morgan fingerprint density at radius 3 is 2.92 bits per heavy atom. The van der Waals surface area contributed by atoms with Crippen LogP contribution in [0.15, 0.2) is 18.2 Å². The highest BCUT2D eigenvalue weighted by Gasteiger charge is 2.05. The molecule has 2 nitrogen and oxygen atoms in total. The number of fused-ring (bicyclic) bond motifs is 1. The molecule has 0 aliphatic carbocycles. The quantitative estimate of drug-likeness (QED) is 0.704. The number of aryl methyl sites for hydroxylation is 1. The fourth-order valence-corrected chi connectivity index (χ4v) is 2.29. The van der Waals surface area contributed by atoms with Crippen molar-refractivity contribution in [1.82, 2.24) is 0 Å². The molecule has 2 rings (SSSR count). The summed E-state index contributed by atoms with van der Waals surface area (Å²) in [6.45, 7) is 1.97. The molecule has 3 heteroatoms. The lowest BCUT2D eigenvalue weighted by Gasteiger charge is -1.92. The minimum absolute atomic E-state index is 0.702. The van der Waals surface area contributed by atoms with E-state index in [1.54, 1.807) is 11.3 Å². The first-order valence-electron chi connectivity index (χ1n) is 3.96. The molecule has 0 aliphatic heterocycles. The van der Waals surface area contributed by atoms with E-state index in [0.717, 1.165) is 26.9 Å². The van der Waals surface area contributed by atoms with Crippen LogP contribution < -0.4 is 5.73 Å². The Morgan fingerprint density at radius 2 is 2.23 bits per heavy atom. The number of nitrogen functional groups attached to an aromatic ring is 1. The second-order valence-electron chi connectivity index (χ2n) is 2.96. The van der Waals surface area contributed by atoms with E-state index in [2.05, 4.69) is 0 Å². The zero-order valence-electron chi connectivity index (χ0n) is 7.20. The lowest BCUT2D eigenvalue weighted by molar-refractivity contribution is 0.112. The van der Waals surface area contributed by atoms with Crippen molar-refractivity contribution < 1.29 is 4.79 Å². The Bertz CT molecular complexity index is 473. The van der Waals surface area contributed by atoms with E-state index in [1.165, 1.54) is 0 Å². The molecule has 0 unspecified atom stereocenters. The number of hydrogen-bond acceptors (Lipinski definition) is 3. The average Bonchev–Trinajstić information content (AvgIpc) is 2.43. The predicted molar refractivity (Wildman–Crippen MR) is 56.4 cm³/mol. The standard InChI is InChI=1S/C10H9NOS/c1-6-8-4-7(5-12)2-3-9(8)13-10(6)11/h2-5H,11H2,1H3. The molecule has 66 valence electrons. The highest BCUT2D eigenvalue weighted by atomic mass is 32.1. The fraction of sp³-hybridized carbons (Fsp3) is 0.100. The second kappa shape index (κ2) is 2.85. The van der Waals surface area contributed by atoms with Crippen molar-refractivity contribution in [1.29, 1.82) is 0 Å². The maximum Gasteiger partial charge on any atom is 0.150 e. The fourth-order valence-electron chi connectivity index (χ4n) is 1.33. The topological polar surface area (TPSA) is 43.1 Å². The van der Waals surface area contributed by atoms with Gasteiger partial charge in [0.15, 0.2) is 0 Å². The van der Waals surface area contributed by atoms with Crippen LogP contribution >= 0.6 is 11.3 Å². The van der Waals surface area contributed by atoms with E-state index in [-0.39, 0.29) is 0 Å². The summed E-state index contributed by atoms with van der Waals surface area (Å²) in [6.07, 6.45) is 0.854. The van der Waals surface area contributed by atoms with E-state index >= 15 is 0 Å². The van der Waals surface area contributed by atoms with Gasteiger partial charge in [0.2, 0.25) is 0 Å². The third-order valence-electron chi connectivity index (χ3n) is 2.13. The molecule has 2 aromatic rings. The second-order valence-corrected chi connectivity index (χ2v) is 4.05. The van der Waals surface area contributed by atoms with Gasteiger partial charge in [0.1, 0.15) is 6.29 Å². The van der Waals surface area contributed by atoms with Crippen molar-refractivity contribution >= 4 is 32.7 Å². The smallest absolute Gasteiger partial charge is 0.150 e. The first kappa shape index (κ1) is 8.26. The zero-order chi connectivity index (χ0) is 9.42. The van der Waals surface area contributed by atoms with Gasteiger partial charge in [0.05, 0.1) is 5.00 Å². The van der Waals surface area contributed by atoms with E-state index in [1.807, 2.05) is 25.1 Å². The van der Waals surface area contributed by atoms with E-state index in [9.17, 15) is 4.79 Å². The van der Waals surface area contributed by atoms with E-state index < -0.39 is 0 Å². The summed E-state index contributed by atoms with van der Waals surface area (Å²) in [4.78, 5) is 10.5. The van der Waals surface area contributed by atoms with Gasteiger partial charge in [-0.3, -0.25) is 4.79 Å². The molecular formula is C10H9NOS. The molecule has 1 heterocycles. The van der Waals surface area contributed by atoms with Gasteiger partial charge in [-0.1, -0.05) is 6.07 Å². The number of anilines is 1. The molecule has 0 fully saturated rings. The van der Waals surface area contributed by atoms with Crippen molar-refractivity contribution in [3.8, 4) is 0 Å². The van der Waals surface area contributed by atoms with Gasteiger partial charge in [-0.05, 0) is 30.0 Å². The average molecular weight is 191 g/mol. The Hall–Kier alpha value is -1.35. The number of rotatable bonds is 1. The summed E-state index contributed by atoms with van der Waals surface area (Å²) in [6, 6.07) is 5.63. The van der Waals surface area contributed by atoms with Gasteiger partial charge in [-0.15, -0.1) is 11.3 Å². The Balaban J connectivity index is 2.81. The van der Waals surface area contributed by atoms with Gasteiger partial charge in [0, 0.05) is 10.3 Å². The van der Waals surface area contributed by atoms with Crippen LogP contribution in [0, 0.1) is 6.92 Å². The van der Waals surface area contributed by atoms with Crippen LogP contribution in [0.25, 0.3) is 10.1 Å². The van der Waals surface area contributed by atoms with Gasteiger partial charge >= 0.3 is 0 Å². The summed E-state index contributed by atoms with van der Waals surface area (Å²) in [5, 5.41) is 1.92. The summed E-state index contributed by atoms with van der Waals surface area (Å²) < 4.78 is 1.14. The highest BCUT2D eigenvalue weighted by Crippen LogP contribution is 2.32. The van der Waals surface area contributed by atoms with Crippen LogP contribution in [0.1, 0.15) is 15.9 Å². The van der Waals surface area contributed by atoms with Crippen molar-refractivity contribution in [3.63, 3.8) is 0 Å². The minimum atomic E-state index is 0.702. The molecule has 0 aliphatic rings. The molecule has 0 spiro atoms. The van der Waals surface area contributed by atoms with Crippen LogP contribution in [0.3, 0.4) is 0 Å². The minimum Gasteiger partial charge on any atom is -0.390 e. The van der Waals surface area contributed by atoms with Crippen molar-refractivity contribution in [2.45, 2.75) is 6.92 Å². The SMILES string of the molecule is Cc1c(N)sc2ccc(C=O)cc12.